The zero-order valence-corrected chi connectivity index (χ0v) is 22.3. The van der Waals surface area contributed by atoms with Gasteiger partial charge in [0.25, 0.3) is 15.9 Å². The van der Waals surface area contributed by atoms with Gasteiger partial charge in [-0.25, -0.2) is 8.42 Å². The van der Waals surface area contributed by atoms with E-state index in [1.807, 2.05) is 18.2 Å². The SMILES string of the molecule is COc1ccc([C@@H]2CN(C)CC[C@@H]2NC(=O)c2ccccc2NS(=O)(=O)c2ccccc2C)cc1OC. The first-order valence-corrected chi connectivity index (χ1v) is 13.6. The van der Waals surface area contributed by atoms with Gasteiger partial charge in [0.2, 0.25) is 0 Å². The third-order valence-electron chi connectivity index (χ3n) is 6.77. The fourth-order valence-corrected chi connectivity index (χ4v) is 6.11. The molecule has 0 spiro atoms. The summed E-state index contributed by atoms with van der Waals surface area (Å²) in [6, 6.07) is 19.1. The first-order valence-electron chi connectivity index (χ1n) is 12.1. The minimum Gasteiger partial charge on any atom is -0.493 e. The van der Waals surface area contributed by atoms with Gasteiger partial charge in [-0.15, -0.1) is 0 Å². The van der Waals surface area contributed by atoms with Crippen molar-refractivity contribution in [2.45, 2.75) is 30.2 Å². The van der Waals surface area contributed by atoms with Crippen LogP contribution >= 0.6 is 0 Å². The summed E-state index contributed by atoms with van der Waals surface area (Å²) in [7, 11) is 1.38. The Hall–Kier alpha value is -3.56. The Bertz CT molecular complexity index is 1380. The van der Waals surface area contributed by atoms with Crippen LogP contribution in [0.5, 0.6) is 11.5 Å². The number of amides is 1. The van der Waals surface area contributed by atoms with Crippen molar-refractivity contribution in [3.63, 3.8) is 0 Å². The molecule has 3 aromatic rings. The van der Waals surface area contributed by atoms with E-state index < -0.39 is 10.0 Å². The van der Waals surface area contributed by atoms with E-state index in [1.54, 1.807) is 69.7 Å². The van der Waals surface area contributed by atoms with Crippen LogP contribution in [-0.2, 0) is 10.0 Å². The van der Waals surface area contributed by atoms with E-state index in [0.29, 0.717) is 17.1 Å². The molecule has 8 nitrogen and oxygen atoms in total. The number of hydrogen-bond acceptors (Lipinski definition) is 6. The largest absolute Gasteiger partial charge is 0.493 e. The van der Waals surface area contributed by atoms with Crippen molar-refractivity contribution in [3.05, 3.63) is 83.4 Å². The van der Waals surface area contributed by atoms with Crippen molar-refractivity contribution in [1.29, 1.82) is 0 Å². The van der Waals surface area contributed by atoms with Crippen molar-refractivity contribution < 1.29 is 22.7 Å². The molecule has 1 aliphatic rings. The number of methoxy groups -OCH3 is 2. The van der Waals surface area contributed by atoms with Crippen LogP contribution < -0.4 is 19.5 Å². The second kappa shape index (κ2) is 11.2. The number of sulfonamides is 1. The van der Waals surface area contributed by atoms with E-state index in [4.69, 9.17) is 9.47 Å². The minimum atomic E-state index is -3.87. The maximum Gasteiger partial charge on any atom is 0.262 e. The fourth-order valence-electron chi connectivity index (χ4n) is 4.78. The van der Waals surface area contributed by atoms with Gasteiger partial charge in [0.15, 0.2) is 11.5 Å². The number of benzene rings is 3. The molecule has 1 saturated heterocycles. The number of carbonyl (C=O) groups is 1. The standard InChI is InChI=1S/C28H33N3O5S/c1-19-9-5-8-12-27(19)37(33,34)30-24-11-7-6-10-21(24)28(32)29-23-15-16-31(2)18-22(23)20-13-14-25(35-3)26(17-20)36-4/h5-14,17,22-23,30H,15-16,18H2,1-4H3,(H,29,32)/t22-,23-/m0/s1. The normalized spacial score (nSPS) is 18.2. The molecule has 1 fully saturated rings. The summed E-state index contributed by atoms with van der Waals surface area (Å²) in [6.45, 7) is 3.32. The van der Waals surface area contributed by atoms with Crippen molar-refractivity contribution in [2.75, 3.05) is 39.1 Å². The molecule has 3 aromatic carbocycles. The number of piperidine rings is 1. The summed E-state index contributed by atoms with van der Waals surface area (Å²) in [6.07, 6.45) is 0.748. The smallest absolute Gasteiger partial charge is 0.262 e. The predicted octanol–water partition coefficient (Wildman–Crippen LogP) is 4.03. The van der Waals surface area contributed by atoms with Crippen molar-refractivity contribution in [3.8, 4) is 11.5 Å². The number of para-hydroxylation sites is 1. The van der Waals surface area contributed by atoms with Crippen LogP contribution in [0.4, 0.5) is 5.69 Å². The van der Waals surface area contributed by atoms with Crippen LogP contribution in [0.15, 0.2) is 71.6 Å². The lowest BCUT2D eigenvalue weighted by Crippen LogP contribution is -2.48. The highest BCUT2D eigenvalue weighted by atomic mass is 32.2. The maximum absolute atomic E-state index is 13.5. The summed E-state index contributed by atoms with van der Waals surface area (Å²) in [5.74, 6) is 0.960. The first-order chi connectivity index (χ1) is 17.7. The molecule has 0 unspecified atom stereocenters. The molecule has 4 rings (SSSR count). The number of nitrogens with zero attached hydrogens (tertiary/aromatic N) is 1. The first kappa shape index (κ1) is 26.5. The highest BCUT2D eigenvalue weighted by Gasteiger charge is 2.32. The Balaban J connectivity index is 1.59. The number of likely N-dealkylation sites (N-methyl/N-ethyl adjacent to an activating group) is 1. The third-order valence-corrected chi connectivity index (χ3v) is 8.29. The van der Waals surface area contributed by atoms with Gasteiger partial charge in [0, 0.05) is 18.5 Å². The number of nitrogens with one attached hydrogen (secondary N) is 2. The lowest BCUT2D eigenvalue weighted by molar-refractivity contribution is 0.0905. The number of aryl methyl sites for hydroxylation is 1. The second-order valence-electron chi connectivity index (χ2n) is 9.27. The summed E-state index contributed by atoms with van der Waals surface area (Å²) in [5.41, 5.74) is 2.16. The molecule has 0 radical (unpaired) electrons. The Morgan fingerprint density at radius 1 is 0.973 bits per heavy atom. The van der Waals surface area contributed by atoms with Gasteiger partial charge in [-0.1, -0.05) is 36.4 Å². The summed E-state index contributed by atoms with van der Waals surface area (Å²) in [5, 5.41) is 3.18. The number of rotatable bonds is 8. The van der Waals surface area contributed by atoms with Gasteiger partial charge >= 0.3 is 0 Å². The molecule has 1 amide bonds. The molecule has 1 heterocycles. The molecule has 196 valence electrons. The molecule has 37 heavy (non-hydrogen) atoms. The summed E-state index contributed by atoms with van der Waals surface area (Å²) in [4.78, 5) is 15.9. The molecule has 0 aliphatic carbocycles. The highest BCUT2D eigenvalue weighted by Crippen LogP contribution is 2.34. The molecule has 1 aliphatic heterocycles. The van der Waals surface area contributed by atoms with Gasteiger partial charge in [-0.3, -0.25) is 9.52 Å². The molecule has 0 bridgehead atoms. The van der Waals surface area contributed by atoms with Crippen LogP contribution in [0.1, 0.15) is 33.8 Å². The number of likely N-dealkylation sites (tertiary alicyclic amines) is 1. The van der Waals surface area contributed by atoms with E-state index >= 15 is 0 Å². The molecule has 9 heteroatoms. The topological polar surface area (TPSA) is 97.0 Å². The van der Waals surface area contributed by atoms with Crippen LogP contribution in [0.3, 0.4) is 0 Å². The third kappa shape index (κ3) is 5.89. The Labute approximate surface area is 218 Å². The summed E-state index contributed by atoms with van der Waals surface area (Å²) < 4.78 is 39.7. The van der Waals surface area contributed by atoms with E-state index in [0.717, 1.165) is 25.1 Å². The Kier molecular flexibility index (Phi) is 8.04. The van der Waals surface area contributed by atoms with Crippen LogP contribution in [-0.4, -0.2) is 59.6 Å². The predicted molar refractivity (Wildman–Crippen MR) is 144 cm³/mol. The van der Waals surface area contributed by atoms with Gasteiger partial charge in [-0.2, -0.15) is 0 Å². The van der Waals surface area contributed by atoms with E-state index in [-0.39, 0.29) is 34.0 Å². The average molecular weight is 524 g/mol. The Morgan fingerprint density at radius 2 is 1.68 bits per heavy atom. The maximum atomic E-state index is 13.5. The van der Waals surface area contributed by atoms with Gasteiger partial charge in [0.05, 0.1) is 30.4 Å². The second-order valence-corrected chi connectivity index (χ2v) is 10.9. The van der Waals surface area contributed by atoms with Gasteiger partial charge < -0.3 is 19.7 Å². The number of carbonyl (C=O) groups excluding carboxylic acids is 1. The molecule has 2 atom stereocenters. The fraction of sp³-hybridized carbons (Fsp3) is 0.321. The monoisotopic (exact) mass is 523 g/mol. The quantitative estimate of drug-likeness (QED) is 0.463. The number of anilines is 1. The highest BCUT2D eigenvalue weighted by molar-refractivity contribution is 7.92. The van der Waals surface area contributed by atoms with Crippen LogP contribution in [0, 0.1) is 6.92 Å². The molecule has 0 aromatic heterocycles. The zero-order chi connectivity index (χ0) is 26.6. The molecular formula is C28H33N3O5S. The van der Waals surface area contributed by atoms with E-state index in [2.05, 4.69) is 22.0 Å². The molecular weight excluding hydrogens is 490 g/mol. The Morgan fingerprint density at radius 3 is 2.41 bits per heavy atom. The van der Waals surface area contributed by atoms with E-state index in [1.165, 1.54) is 0 Å². The van der Waals surface area contributed by atoms with Crippen molar-refractivity contribution in [2.24, 2.45) is 0 Å². The zero-order valence-electron chi connectivity index (χ0n) is 21.5. The molecule has 2 N–H and O–H groups in total. The lowest BCUT2D eigenvalue weighted by Gasteiger charge is -2.37. The number of ether oxygens (including phenoxy) is 2. The van der Waals surface area contributed by atoms with Crippen LogP contribution in [0.25, 0.3) is 0 Å². The molecule has 0 saturated carbocycles. The number of hydrogen-bond donors (Lipinski definition) is 2. The summed E-state index contributed by atoms with van der Waals surface area (Å²) >= 11 is 0. The van der Waals surface area contributed by atoms with Crippen molar-refractivity contribution in [1.82, 2.24) is 10.2 Å². The van der Waals surface area contributed by atoms with E-state index in [9.17, 15) is 13.2 Å². The minimum absolute atomic E-state index is 0.0123. The van der Waals surface area contributed by atoms with Gasteiger partial charge in [0.1, 0.15) is 0 Å². The van der Waals surface area contributed by atoms with Gasteiger partial charge in [-0.05, 0) is 68.4 Å². The van der Waals surface area contributed by atoms with Crippen molar-refractivity contribution >= 4 is 21.6 Å². The average Bonchev–Trinajstić information content (AvgIpc) is 2.89. The lowest BCUT2D eigenvalue weighted by atomic mass is 9.85. The van der Waals surface area contributed by atoms with Crippen LogP contribution in [0.2, 0.25) is 0 Å².